The maximum atomic E-state index is 11.1. The molecule has 0 fully saturated rings. The van der Waals surface area contributed by atoms with Gasteiger partial charge in [0.15, 0.2) is 0 Å². The summed E-state index contributed by atoms with van der Waals surface area (Å²) in [7, 11) is -3.52. The Hall–Kier alpha value is -1.28. The maximum absolute atomic E-state index is 11.1. The third-order valence-corrected chi connectivity index (χ3v) is 4.97. The van der Waals surface area contributed by atoms with Gasteiger partial charge in [0.25, 0.3) is 0 Å². The van der Waals surface area contributed by atoms with Gasteiger partial charge in [-0.05, 0) is 30.2 Å². The van der Waals surface area contributed by atoms with Crippen LogP contribution in [0.15, 0.2) is 23.6 Å². The first-order valence-electron chi connectivity index (χ1n) is 6.29. The van der Waals surface area contributed by atoms with E-state index in [0.29, 0.717) is 5.01 Å². The molecule has 0 radical (unpaired) electrons. The third-order valence-electron chi connectivity index (χ3n) is 3.27. The molecular weight excluding hydrogens is 294 g/mol. The van der Waals surface area contributed by atoms with Gasteiger partial charge < -0.3 is 5.32 Å². The second-order valence-corrected chi connectivity index (χ2v) is 7.40. The summed E-state index contributed by atoms with van der Waals surface area (Å²) in [5.41, 5.74) is 4.50. The first-order chi connectivity index (χ1) is 9.51. The highest BCUT2D eigenvalue weighted by Crippen LogP contribution is 2.26. The number of rotatable bonds is 3. The molecule has 3 N–H and O–H groups in total. The molecule has 0 amide bonds. The van der Waals surface area contributed by atoms with Crippen molar-refractivity contribution in [3.8, 4) is 11.3 Å². The highest BCUT2D eigenvalue weighted by atomic mass is 32.2. The Morgan fingerprint density at radius 1 is 1.35 bits per heavy atom. The molecule has 1 aromatic carbocycles. The lowest BCUT2D eigenvalue weighted by atomic mass is 9.98. The molecule has 0 atom stereocenters. The van der Waals surface area contributed by atoms with E-state index < -0.39 is 10.0 Å². The van der Waals surface area contributed by atoms with Crippen LogP contribution in [0.4, 0.5) is 0 Å². The molecule has 5 nitrogen and oxygen atoms in total. The zero-order valence-electron chi connectivity index (χ0n) is 10.8. The summed E-state index contributed by atoms with van der Waals surface area (Å²) in [5, 5.41) is 10.8. The van der Waals surface area contributed by atoms with Crippen LogP contribution in [-0.4, -0.2) is 19.9 Å². The SMILES string of the molecule is NS(=O)(=O)Cc1nc(-c2ccc3c(c2)CCNC3)cs1. The van der Waals surface area contributed by atoms with Crippen LogP contribution in [0.5, 0.6) is 0 Å². The van der Waals surface area contributed by atoms with Gasteiger partial charge in [-0.25, -0.2) is 18.5 Å². The molecule has 1 aliphatic rings. The van der Waals surface area contributed by atoms with Crippen LogP contribution in [0.3, 0.4) is 0 Å². The van der Waals surface area contributed by atoms with Crippen molar-refractivity contribution in [2.75, 3.05) is 6.54 Å². The summed E-state index contributed by atoms with van der Waals surface area (Å²) in [6.07, 6.45) is 1.01. The van der Waals surface area contributed by atoms with Crippen molar-refractivity contribution in [1.29, 1.82) is 0 Å². The predicted octanol–water partition coefficient (Wildman–Crippen LogP) is 1.24. The average molecular weight is 309 g/mol. The van der Waals surface area contributed by atoms with E-state index in [0.717, 1.165) is 30.8 Å². The van der Waals surface area contributed by atoms with E-state index in [1.54, 1.807) is 0 Å². The summed E-state index contributed by atoms with van der Waals surface area (Å²) < 4.78 is 22.2. The monoisotopic (exact) mass is 309 g/mol. The van der Waals surface area contributed by atoms with E-state index in [9.17, 15) is 8.42 Å². The van der Waals surface area contributed by atoms with Crippen molar-refractivity contribution in [1.82, 2.24) is 10.3 Å². The lowest BCUT2D eigenvalue weighted by Gasteiger charge is -2.17. The van der Waals surface area contributed by atoms with Crippen LogP contribution in [0, 0.1) is 0 Å². The molecule has 1 aliphatic heterocycles. The lowest BCUT2D eigenvalue weighted by molar-refractivity contribution is 0.597. The molecule has 3 rings (SSSR count). The molecule has 0 unspecified atom stereocenters. The first kappa shape index (κ1) is 13.7. The molecule has 0 aliphatic carbocycles. The topological polar surface area (TPSA) is 85.1 Å². The van der Waals surface area contributed by atoms with Gasteiger partial charge in [-0.2, -0.15) is 0 Å². The molecule has 0 bridgehead atoms. The van der Waals surface area contributed by atoms with E-state index in [2.05, 4.69) is 22.4 Å². The number of primary sulfonamides is 1. The Kier molecular flexibility index (Phi) is 3.59. The molecule has 106 valence electrons. The Labute approximate surface area is 121 Å². The molecular formula is C13H15N3O2S2. The summed E-state index contributed by atoms with van der Waals surface area (Å²) in [4.78, 5) is 4.36. The minimum absolute atomic E-state index is 0.202. The maximum Gasteiger partial charge on any atom is 0.215 e. The second kappa shape index (κ2) is 5.25. The predicted molar refractivity (Wildman–Crippen MR) is 79.8 cm³/mol. The van der Waals surface area contributed by atoms with Gasteiger partial charge >= 0.3 is 0 Å². The molecule has 2 heterocycles. The minimum atomic E-state index is -3.52. The summed E-state index contributed by atoms with van der Waals surface area (Å²) in [6, 6.07) is 6.28. The fraction of sp³-hybridized carbons (Fsp3) is 0.308. The van der Waals surface area contributed by atoms with Gasteiger partial charge in [-0.1, -0.05) is 12.1 Å². The molecule has 0 saturated carbocycles. The van der Waals surface area contributed by atoms with Crippen LogP contribution < -0.4 is 10.5 Å². The number of nitrogens with zero attached hydrogens (tertiary/aromatic N) is 1. The van der Waals surface area contributed by atoms with Crippen LogP contribution in [0.1, 0.15) is 16.1 Å². The number of nitrogens with one attached hydrogen (secondary N) is 1. The highest BCUT2D eigenvalue weighted by Gasteiger charge is 2.13. The van der Waals surface area contributed by atoms with E-state index in [-0.39, 0.29) is 5.75 Å². The number of benzene rings is 1. The van der Waals surface area contributed by atoms with Gasteiger partial charge in [0.1, 0.15) is 10.8 Å². The number of hydrogen-bond acceptors (Lipinski definition) is 5. The highest BCUT2D eigenvalue weighted by molar-refractivity contribution is 7.88. The normalized spacial score (nSPS) is 15.1. The molecule has 0 saturated heterocycles. The number of nitrogens with two attached hydrogens (primary N) is 1. The largest absolute Gasteiger partial charge is 0.312 e. The van der Waals surface area contributed by atoms with Crippen molar-refractivity contribution in [2.45, 2.75) is 18.7 Å². The van der Waals surface area contributed by atoms with Crippen molar-refractivity contribution >= 4 is 21.4 Å². The smallest absolute Gasteiger partial charge is 0.215 e. The number of hydrogen-bond donors (Lipinski definition) is 2. The van der Waals surface area contributed by atoms with Gasteiger partial charge in [-0.3, -0.25) is 0 Å². The molecule has 7 heteroatoms. The summed E-state index contributed by atoms with van der Waals surface area (Å²) in [5.74, 6) is -0.202. The molecule has 20 heavy (non-hydrogen) atoms. The van der Waals surface area contributed by atoms with E-state index >= 15 is 0 Å². The van der Waals surface area contributed by atoms with Crippen LogP contribution in [-0.2, 0) is 28.7 Å². The lowest BCUT2D eigenvalue weighted by Crippen LogP contribution is -2.23. The number of sulfonamides is 1. The standard InChI is InChI=1S/C13H15N3O2S2/c14-20(17,18)8-13-16-12(7-19-13)10-1-2-11-6-15-4-3-9(11)5-10/h1-2,5,7,15H,3-4,6,8H2,(H2,14,17,18). The molecule has 1 aromatic heterocycles. The average Bonchev–Trinajstić information content (AvgIpc) is 2.84. The van der Waals surface area contributed by atoms with E-state index in [4.69, 9.17) is 5.14 Å². The molecule has 0 spiro atoms. The molecule has 2 aromatic rings. The van der Waals surface area contributed by atoms with Crippen LogP contribution in [0.2, 0.25) is 0 Å². The van der Waals surface area contributed by atoms with Crippen LogP contribution in [0.25, 0.3) is 11.3 Å². The number of fused-ring (bicyclic) bond motifs is 1. The van der Waals surface area contributed by atoms with E-state index in [1.807, 2.05) is 11.4 Å². The third kappa shape index (κ3) is 3.06. The van der Waals surface area contributed by atoms with Gasteiger partial charge in [0.2, 0.25) is 10.0 Å². The van der Waals surface area contributed by atoms with Crippen LogP contribution >= 0.6 is 11.3 Å². The Morgan fingerprint density at radius 2 is 2.20 bits per heavy atom. The fourth-order valence-electron chi connectivity index (χ4n) is 2.32. The summed E-state index contributed by atoms with van der Waals surface area (Å²) >= 11 is 1.33. The number of thiazole rings is 1. The zero-order valence-corrected chi connectivity index (χ0v) is 12.4. The first-order valence-corrected chi connectivity index (χ1v) is 8.88. The summed E-state index contributed by atoms with van der Waals surface area (Å²) in [6.45, 7) is 1.90. The van der Waals surface area contributed by atoms with Gasteiger partial charge in [0, 0.05) is 17.5 Å². The van der Waals surface area contributed by atoms with Crippen molar-refractivity contribution < 1.29 is 8.42 Å². The minimum Gasteiger partial charge on any atom is -0.312 e. The Morgan fingerprint density at radius 3 is 3.00 bits per heavy atom. The van der Waals surface area contributed by atoms with Gasteiger partial charge in [0.05, 0.1) is 5.69 Å². The Bertz CT molecular complexity index is 738. The van der Waals surface area contributed by atoms with Crippen molar-refractivity contribution in [3.63, 3.8) is 0 Å². The second-order valence-electron chi connectivity index (χ2n) is 4.84. The fourth-order valence-corrected chi connectivity index (χ4v) is 4.08. The Balaban J connectivity index is 1.89. The van der Waals surface area contributed by atoms with Gasteiger partial charge in [-0.15, -0.1) is 11.3 Å². The quantitative estimate of drug-likeness (QED) is 0.893. The van der Waals surface area contributed by atoms with E-state index in [1.165, 1.54) is 22.5 Å². The zero-order chi connectivity index (χ0) is 14.2. The van der Waals surface area contributed by atoms with Crippen molar-refractivity contribution in [3.05, 3.63) is 39.7 Å². The number of aromatic nitrogens is 1. The van der Waals surface area contributed by atoms with Crippen molar-refractivity contribution in [2.24, 2.45) is 5.14 Å².